The number of benzene rings is 2. The zero-order valence-corrected chi connectivity index (χ0v) is 15.1. The van der Waals surface area contributed by atoms with Crippen molar-refractivity contribution in [1.82, 2.24) is 0 Å². The van der Waals surface area contributed by atoms with Gasteiger partial charge in [0.15, 0.2) is 0 Å². The monoisotopic (exact) mass is 352 g/mol. The molecule has 0 unspecified atom stereocenters. The Morgan fingerprint density at radius 3 is 2.72 bits per heavy atom. The number of rotatable bonds is 5. The van der Waals surface area contributed by atoms with Gasteiger partial charge in [0.1, 0.15) is 11.3 Å². The molecular formula is C21H20O3S. The highest BCUT2D eigenvalue weighted by Crippen LogP contribution is 2.26. The summed E-state index contributed by atoms with van der Waals surface area (Å²) in [6.45, 7) is 4.47. The van der Waals surface area contributed by atoms with Gasteiger partial charge in [0.2, 0.25) is 0 Å². The molecule has 1 aromatic heterocycles. The van der Waals surface area contributed by atoms with Crippen LogP contribution in [-0.2, 0) is 16.0 Å². The summed E-state index contributed by atoms with van der Waals surface area (Å²) in [7, 11) is 0. The van der Waals surface area contributed by atoms with Gasteiger partial charge in [-0.15, -0.1) is 0 Å². The van der Waals surface area contributed by atoms with Crippen molar-refractivity contribution in [2.45, 2.75) is 20.3 Å². The van der Waals surface area contributed by atoms with Gasteiger partial charge in [-0.25, -0.2) is 0 Å². The molecule has 0 saturated heterocycles. The summed E-state index contributed by atoms with van der Waals surface area (Å²) >= 11 is 5.47. The fourth-order valence-electron chi connectivity index (χ4n) is 2.56. The lowest BCUT2D eigenvalue weighted by Crippen LogP contribution is -2.12. The molecule has 4 heteroatoms. The van der Waals surface area contributed by atoms with E-state index in [4.69, 9.17) is 21.4 Å². The van der Waals surface area contributed by atoms with Gasteiger partial charge in [0.05, 0.1) is 17.5 Å². The van der Waals surface area contributed by atoms with Crippen LogP contribution in [0.25, 0.3) is 22.3 Å². The lowest BCUT2D eigenvalue weighted by atomic mass is 10.1. The highest BCUT2D eigenvalue weighted by atomic mass is 32.1. The number of esters is 1. The fraction of sp³-hybridized carbons (Fsp3) is 0.238. The molecular weight excluding hydrogens is 332 g/mol. The predicted molar refractivity (Wildman–Crippen MR) is 102 cm³/mol. The Labute approximate surface area is 152 Å². The summed E-state index contributed by atoms with van der Waals surface area (Å²) in [6.07, 6.45) is 0.245. The molecule has 1 heterocycles. The van der Waals surface area contributed by atoms with E-state index in [0.717, 1.165) is 26.6 Å². The summed E-state index contributed by atoms with van der Waals surface area (Å²) in [5.74, 6) is 0.809. The molecule has 0 aliphatic heterocycles. The average Bonchev–Trinajstić information content (AvgIpc) is 2.60. The van der Waals surface area contributed by atoms with Crippen LogP contribution < -0.4 is 0 Å². The second-order valence-corrected chi connectivity index (χ2v) is 6.86. The molecule has 0 amide bonds. The molecule has 128 valence electrons. The lowest BCUT2D eigenvalue weighted by Gasteiger charge is -2.08. The van der Waals surface area contributed by atoms with E-state index in [0.29, 0.717) is 18.3 Å². The summed E-state index contributed by atoms with van der Waals surface area (Å²) in [5, 5.41) is 0.926. The second-order valence-electron chi connectivity index (χ2n) is 6.43. The number of ether oxygens (including phenoxy) is 1. The van der Waals surface area contributed by atoms with E-state index in [1.165, 1.54) is 0 Å². The highest BCUT2D eigenvalue weighted by molar-refractivity contribution is 7.71. The van der Waals surface area contributed by atoms with E-state index < -0.39 is 0 Å². The van der Waals surface area contributed by atoms with E-state index in [1.54, 1.807) is 0 Å². The van der Waals surface area contributed by atoms with Crippen LogP contribution in [0.1, 0.15) is 19.4 Å². The number of hydrogen-bond donors (Lipinski definition) is 0. The molecule has 25 heavy (non-hydrogen) atoms. The van der Waals surface area contributed by atoms with Crippen LogP contribution in [0.3, 0.4) is 0 Å². The van der Waals surface area contributed by atoms with Gasteiger partial charge in [-0.05, 0) is 29.7 Å². The Bertz CT molecular complexity index is 957. The average molecular weight is 352 g/mol. The Morgan fingerprint density at radius 2 is 1.92 bits per heavy atom. The summed E-state index contributed by atoms with van der Waals surface area (Å²) in [4.78, 5) is 11.9. The minimum absolute atomic E-state index is 0.217. The number of fused-ring (bicyclic) bond motifs is 1. The van der Waals surface area contributed by atoms with Crippen molar-refractivity contribution in [2.75, 3.05) is 6.61 Å². The topological polar surface area (TPSA) is 39.4 Å². The van der Waals surface area contributed by atoms with Gasteiger partial charge in [-0.2, -0.15) is 0 Å². The number of hydrogen-bond acceptors (Lipinski definition) is 4. The molecule has 0 aliphatic carbocycles. The van der Waals surface area contributed by atoms with Gasteiger partial charge in [0.25, 0.3) is 0 Å². The van der Waals surface area contributed by atoms with E-state index in [9.17, 15) is 4.79 Å². The van der Waals surface area contributed by atoms with Crippen molar-refractivity contribution >= 4 is 29.2 Å². The largest absolute Gasteiger partial charge is 0.465 e. The molecule has 0 aliphatic rings. The maximum atomic E-state index is 11.9. The van der Waals surface area contributed by atoms with Crippen LogP contribution in [0, 0.1) is 10.4 Å². The first-order valence-electron chi connectivity index (χ1n) is 8.31. The van der Waals surface area contributed by atoms with Gasteiger partial charge in [-0.3, -0.25) is 4.79 Å². The molecule has 0 N–H and O–H groups in total. The number of carbonyl (C=O) groups is 1. The quantitative estimate of drug-likeness (QED) is 0.444. The third kappa shape index (κ3) is 4.34. The van der Waals surface area contributed by atoms with Crippen LogP contribution in [0.15, 0.2) is 59.0 Å². The van der Waals surface area contributed by atoms with Crippen molar-refractivity contribution < 1.29 is 13.9 Å². The molecule has 2 aromatic carbocycles. The molecule has 0 saturated carbocycles. The Hall–Kier alpha value is -2.46. The number of carbonyl (C=O) groups excluding carboxylic acids is 1. The van der Waals surface area contributed by atoms with Crippen LogP contribution in [0.2, 0.25) is 0 Å². The molecule has 3 rings (SSSR count). The zero-order valence-electron chi connectivity index (χ0n) is 14.3. The first-order chi connectivity index (χ1) is 12.0. The molecule has 3 aromatic rings. The fourth-order valence-corrected chi connectivity index (χ4v) is 2.83. The Balaban J connectivity index is 1.86. The van der Waals surface area contributed by atoms with E-state index in [2.05, 4.69) is 0 Å². The smallest absolute Gasteiger partial charge is 0.310 e. The summed E-state index contributed by atoms with van der Waals surface area (Å²) in [5.41, 5.74) is 2.54. The Morgan fingerprint density at radius 1 is 1.12 bits per heavy atom. The van der Waals surface area contributed by atoms with Crippen LogP contribution in [0.4, 0.5) is 0 Å². The molecule has 0 fully saturated rings. The van der Waals surface area contributed by atoms with Gasteiger partial charge in [-0.1, -0.05) is 56.4 Å². The normalized spacial score (nSPS) is 11.0. The number of para-hydroxylation sites is 1. The molecule has 0 spiro atoms. The van der Waals surface area contributed by atoms with E-state index in [1.807, 2.05) is 68.4 Å². The maximum Gasteiger partial charge on any atom is 0.310 e. The van der Waals surface area contributed by atoms with Crippen molar-refractivity contribution in [1.29, 1.82) is 0 Å². The molecule has 0 atom stereocenters. The third-order valence-electron chi connectivity index (χ3n) is 3.77. The van der Waals surface area contributed by atoms with Crippen molar-refractivity contribution in [2.24, 2.45) is 5.92 Å². The zero-order chi connectivity index (χ0) is 17.8. The minimum atomic E-state index is -0.217. The van der Waals surface area contributed by atoms with Crippen molar-refractivity contribution in [3.05, 3.63) is 64.7 Å². The van der Waals surface area contributed by atoms with Crippen molar-refractivity contribution in [3.63, 3.8) is 0 Å². The van der Waals surface area contributed by atoms with Gasteiger partial charge >= 0.3 is 5.97 Å². The SMILES string of the molecule is CC(C)COC(=O)Cc1cccc(-c2cc(=S)c3ccccc3o2)c1. The maximum absolute atomic E-state index is 11.9. The van der Waals surface area contributed by atoms with E-state index >= 15 is 0 Å². The van der Waals surface area contributed by atoms with Gasteiger partial charge < -0.3 is 9.15 Å². The lowest BCUT2D eigenvalue weighted by molar-refractivity contribution is -0.143. The van der Waals surface area contributed by atoms with Crippen LogP contribution in [-0.4, -0.2) is 12.6 Å². The highest BCUT2D eigenvalue weighted by Gasteiger charge is 2.09. The van der Waals surface area contributed by atoms with Crippen molar-refractivity contribution in [3.8, 4) is 11.3 Å². The van der Waals surface area contributed by atoms with E-state index in [-0.39, 0.29) is 12.4 Å². The van der Waals surface area contributed by atoms with Crippen LogP contribution in [0.5, 0.6) is 0 Å². The predicted octanol–water partition coefficient (Wildman–Crippen LogP) is 5.57. The summed E-state index contributed by atoms with van der Waals surface area (Å²) < 4.78 is 12.0. The Kier molecular flexibility index (Phi) is 5.29. The molecule has 0 bridgehead atoms. The molecule has 0 radical (unpaired) electrons. The third-order valence-corrected chi connectivity index (χ3v) is 4.11. The molecule has 3 nitrogen and oxygen atoms in total. The van der Waals surface area contributed by atoms with Gasteiger partial charge in [0, 0.05) is 17.0 Å². The standard InChI is InChI=1S/C21H20O3S/c1-14(2)13-23-21(22)11-15-6-5-7-16(10-15)19-12-20(25)17-8-3-4-9-18(17)24-19/h3-10,12,14H,11,13H2,1-2H3. The summed E-state index contributed by atoms with van der Waals surface area (Å²) in [6, 6.07) is 17.3. The first-order valence-corrected chi connectivity index (χ1v) is 8.71. The minimum Gasteiger partial charge on any atom is -0.465 e. The first kappa shape index (κ1) is 17.4. The van der Waals surface area contributed by atoms with Crippen LogP contribution >= 0.6 is 12.2 Å². The second kappa shape index (κ2) is 7.62.